The van der Waals surface area contributed by atoms with E-state index < -0.39 is 0 Å². The van der Waals surface area contributed by atoms with Gasteiger partial charge in [-0.15, -0.1) is 0 Å². The number of rotatable bonds is 2. The van der Waals surface area contributed by atoms with Gasteiger partial charge in [-0.1, -0.05) is 18.2 Å². The maximum Gasteiger partial charge on any atom is 0.246 e. The number of nitrogens with zero attached hydrogens (tertiary/aromatic N) is 2. The number of fused-ring (bicyclic) bond motifs is 1. The lowest BCUT2D eigenvalue weighted by molar-refractivity contribution is -0.127. The molecule has 1 amide bonds. The summed E-state index contributed by atoms with van der Waals surface area (Å²) in [6.07, 6.45) is 5.53. The summed E-state index contributed by atoms with van der Waals surface area (Å²) >= 11 is 0. The number of para-hydroxylation sites is 1. The molecule has 104 valence electrons. The van der Waals surface area contributed by atoms with Crippen molar-refractivity contribution in [3.05, 3.63) is 42.1 Å². The Labute approximate surface area is 118 Å². The van der Waals surface area contributed by atoms with Gasteiger partial charge >= 0.3 is 0 Å². The summed E-state index contributed by atoms with van der Waals surface area (Å²) in [5, 5.41) is 1.15. The van der Waals surface area contributed by atoms with E-state index in [9.17, 15) is 4.79 Å². The highest BCUT2D eigenvalue weighted by molar-refractivity contribution is 5.96. The van der Waals surface area contributed by atoms with Crippen LogP contribution < -0.4 is 0 Å². The van der Waals surface area contributed by atoms with Crippen molar-refractivity contribution >= 4 is 22.9 Å². The normalized spacial score (nSPS) is 17.1. The number of hydrogen-bond donors (Lipinski definition) is 1. The fourth-order valence-corrected chi connectivity index (χ4v) is 2.53. The van der Waals surface area contributed by atoms with Crippen molar-refractivity contribution in [3.8, 4) is 0 Å². The smallest absolute Gasteiger partial charge is 0.246 e. The number of piperazine rings is 1. The molecule has 0 unspecified atom stereocenters. The monoisotopic (exact) mass is 269 g/mol. The Morgan fingerprint density at radius 2 is 1.95 bits per heavy atom. The predicted molar refractivity (Wildman–Crippen MR) is 81.4 cm³/mol. The molecule has 3 rings (SSSR count). The van der Waals surface area contributed by atoms with Gasteiger partial charge in [-0.05, 0) is 24.8 Å². The van der Waals surface area contributed by atoms with Crippen LogP contribution in [0.1, 0.15) is 5.56 Å². The van der Waals surface area contributed by atoms with Gasteiger partial charge in [-0.25, -0.2) is 0 Å². The number of H-pyrrole nitrogens is 1. The summed E-state index contributed by atoms with van der Waals surface area (Å²) in [7, 11) is 2.09. The fraction of sp³-hybridized carbons (Fsp3) is 0.312. The second-order valence-electron chi connectivity index (χ2n) is 5.25. The third kappa shape index (κ3) is 2.60. The Kier molecular flexibility index (Phi) is 3.56. The van der Waals surface area contributed by atoms with Crippen LogP contribution in [0.5, 0.6) is 0 Å². The average molecular weight is 269 g/mol. The van der Waals surface area contributed by atoms with Crippen molar-refractivity contribution in [2.24, 2.45) is 0 Å². The summed E-state index contributed by atoms with van der Waals surface area (Å²) in [6, 6.07) is 8.11. The minimum atomic E-state index is 0.100. The van der Waals surface area contributed by atoms with E-state index >= 15 is 0 Å². The molecule has 0 aliphatic carbocycles. The molecule has 1 fully saturated rings. The van der Waals surface area contributed by atoms with Gasteiger partial charge in [0.15, 0.2) is 0 Å². The van der Waals surface area contributed by atoms with Gasteiger partial charge in [0.1, 0.15) is 0 Å². The van der Waals surface area contributed by atoms with Gasteiger partial charge < -0.3 is 14.8 Å². The topological polar surface area (TPSA) is 39.3 Å². The molecule has 1 aromatic carbocycles. The van der Waals surface area contributed by atoms with E-state index in [1.165, 1.54) is 0 Å². The van der Waals surface area contributed by atoms with E-state index in [0.29, 0.717) is 0 Å². The van der Waals surface area contributed by atoms with Crippen LogP contribution in [0.25, 0.3) is 17.0 Å². The molecular formula is C16H19N3O. The highest BCUT2D eigenvalue weighted by atomic mass is 16.2. The fourth-order valence-electron chi connectivity index (χ4n) is 2.53. The Bertz CT molecular complexity index is 636. The van der Waals surface area contributed by atoms with Gasteiger partial charge in [0.2, 0.25) is 5.91 Å². The highest BCUT2D eigenvalue weighted by Gasteiger charge is 2.16. The van der Waals surface area contributed by atoms with Crippen molar-refractivity contribution in [2.45, 2.75) is 0 Å². The molecule has 0 saturated carbocycles. The molecule has 0 atom stereocenters. The van der Waals surface area contributed by atoms with Gasteiger partial charge in [0.05, 0.1) is 0 Å². The number of carbonyl (C=O) groups is 1. The number of aromatic nitrogens is 1. The quantitative estimate of drug-likeness (QED) is 0.846. The first-order valence-corrected chi connectivity index (χ1v) is 6.96. The second-order valence-corrected chi connectivity index (χ2v) is 5.25. The van der Waals surface area contributed by atoms with E-state index in [2.05, 4.69) is 23.0 Å². The summed E-state index contributed by atoms with van der Waals surface area (Å²) in [5.41, 5.74) is 2.15. The first-order chi connectivity index (χ1) is 9.74. The molecule has 4 nitrogen and oxygen atoms in total. The van der Waals surface area contributed by atoms with Crippen LogP contribution in [-0.2, 0) is 4.79 Å². The molecule has 0 spiro atoms. The van der Waals surface area contributed by atoms with Crippen LogP contribution in [0.4, 0.5) is 0 Å². The standard InChI is InChI=1S/C16H19N3O/c1-18-8-10-19(11-9-18)16(20)7-6-13-12-17-15-5-3-2-4-14(13)15/h2-7,12,17H,8-11H2,1H3. The number of hydrogen-bond acceptors (Lipinski definition) is 2. The SMILES string of the molecule is CN1CCN(C(=O)C=Cc2c[nH]c3ccccc23)CC1. The Hall–Kier alpha value is -2.07. The zero-order valence-electron chi connectivity index (χ0n) is 11.7. The van der Waals surface area contributed by atoms with E-state index in [-0.39, 0.29) is 5.91 Å². The van der Waals surface area contributed by atoms with Gasteiger partial charge in [-0.3, -0.25) is 4.79 Å². The molecule has 1 N–H and O–H groups in total. The largest absolute Gasteiger partial charge is 0.361 e. The maximum absolute atomic E-state index is 12.1. The number of nitrogens with one attached hydrogen (secondary N) is 1. The minimum Gasteiger partial charge on any atom is -0.361 e. The summed E-state index contributed by atoms with van der Waals surface area (Å²) in [6.45, 7) is 3.53. The maximum atomic E-state index is 12.1. The number of aromatic amines is 1. The van der Waals surface area contributed by atoms with Crippen molar-refractivity contribution in [2.75, 3.05) is 33.2 Å². The first-order valence-electron chi connectivity index (χ1n) is 6.96. The zero-order chi connectivity index (χ0) is 13.9. The third-order valence-corrected chi connectivity index (χ3v) is 3.84. The Morgan fingerprint density at radius 3 is 2.75 bits per heavy atom. The van der Waals surface area contributed by atoms with Gasteiger partial charge in [0.25, 0.3) is 0 Å². The van der Waals surface area contributed by atoms with Crippen molar-refractivity contribution < 1.29 is 4.79 Å². The number of benzene rings is 1. The summed E-state index contributed by atoms with van der Waals surface area (Å²) < 4.78 is 0. The van der Waals surface area contributed by atoms with Crippen LogP contribution in [-0.4, -0.2) is 53.9 Å². The molecule has 4 heteroatoms. The number of carbonyl (C=O) groups excluding carboxylic acids is 1. The molecular weight excluding hydrogens is 250 g/mol. The Balaban J connectivity index is 1.72. The number of likely N-dealkylation sites (N-methyl/N-ethyl adjacent to an activating group) is 1. The first kappa shape index (κ1) is 12.9. The van der Waals surface area contributed by atoms with Gasteiger partial charge in [-0.2, -0.15) is 0 Å². The molecule has 2 aromatic rings. The lowest BCUT2D eigenvalue weighted by atomic mass is 10.1. The minimum absolute atomic E-state index is 0.100. The average Bonchev–Trinajstić information content (AvgIpc) is 2.89. The van der Waals surface area contributed by atoms with E-state index in [1.807, 2.05) is 35.4 Å². The molecule has 1 saturated heterocycles. The molecule has 1 aliphatic rings. The lowest BCUT2D eigenvalue weighted by Gasteiger charge is -2.31. The van der Waals surface area contributed by atoms with Gasteiger partial charge in [0, 0.05) is 49.4 Å². The molecule has 2 heterocycles. The van der Waals surface area contributed by atoms with Crippen molar-refractivity contribution in [1.82, 2.24) is 14.8 Å². The Morgan fingerprint density at radius 1 is 1.20 bits per heavy atom. The third-order valence-electron chi connectivity index (χ3n) is 3.84. The van der Waals surface area contributed by atoms with Crippen LogP contribution in [0, 0.1) is 0 Å². The van der Waals surface area contributed by atoms with Crippen molar-refractivity contribution in [3.63, 3.8) is 0 Å². The molecule has 0 radical (unpaired) electrons. The van der Waals surface area contributed by atoms with E-state index in [0.717, 1.165) is 42.6 Å². The molecule has 0 bridgehead atoms. The molecule has 1 aromatic heterocycles. The second kappa shape index (κ2) is 5.51. The number of amides is 1. The molecule has 20 heavy (non-hydrogen) atoms. The summed E-state index contributed by atoms with van der Waals surface area (Å²) in [4.78, 5) is 19.5. The lowest BCUT2D eigenvalue weighted by Crippen LogP contribution is -2.46. The van der Waals surface area contributed by atoms with Crippen molar-refractivity contribution in [1.29, 1.82) is 0 Å². The zero-order valence-corrected chi connectivity index (χ0v) is 11.7. The van der Waals surface area contributed by atoms with Crippen LogP contribution in [0.3, 0.4) is 0 Å². The van der Waals surface area contributed by atoms with E-state index in [4.69, 9.17) is 0 Å². The van der Waals surface area contributed by atoms with Crippen LogP contribution >= 0.6 is 0 Å². The van der Waals surface area contributed by atoms with Crippen LogP contribution in [0.2, 0.25) is 0 Å². The predicted octanol–water partition coefficient (Wildman–Crippen LogP) is 1.96. The molecule has 1 aliphatic heterocycles. The van der Waals surface area contributed by atoms with Crippen LogP contribution in [0.15, 0.2) is 36.5 Å². The highest BCUT2D eigenvalue weighted by Crippen LogP contribution is 2.18. The van der Waals surface area contributed by atoms with E-state index in [1.54, 1.807) is 6.08 Å². The summed E-state index contributed by atoms with van der Waals surface area (Å²) in [5.74, 6) is 0.100.